The van der Waals surface area contributed by atoms with Crippen LogP contribution in [0.1, 0.15) is 60.3 Å². The van der Waals surface area contributed by atoms with Gasteiger partial charge < -0.3 is 9.84 Å². The van der Waals surface area contributed by atoms with Crippen molar-refractivity contribution in [3.63, 3.8) is 0 Å². The minimum Gasteiger partial charge on any atom is -0.481 e. The summed E-state index contributed by atoms with van der Waals surface area (Å²) in [5, 5.41) is 9.42. The summed E-state index contributed by atoms with van der Waals surface area (Å²) in [6.45, 7) is 10.4. The van der Waals surface area contributed by atoms with Crippen molar-refractivity contribution >= 4 is 11.9 Å². The standard InChI is InChI=1S/C16H30O4/c1-6-7-8-20-16(19)14(10-12(4)5)13(15(17)18)9-11(2)3/h11-14H,6-10H2,1-5H3,(H,17,18). The van der Waals surface area contributed by atoms with Gasteiger partial charge in [0.05, 0.1) is 18.4 Å². The lowest BCUT2D eigenvalue weighted by Crippen LogP contribution is -2.33. The molecule has 20 heavy (non-hydrogen) atoms. The first kappa shape index (κ1) is 18.9. The number of aliphatic carboxylic acids is 1. The van der Waals surface area contributed by atoms with Crippen LogP contribution in [0.3, 0.4) is 0 Å². The fourth-order valence-corrected chi connectivity index (χ4v) is 2.30. The molecule has 0 spiro atoms. The Labute approximate surface area is 122 Å². The summed E-state index contributed by atoms with van der Waals surface area (Å²) in [5.74, 6) is -1.91. The molecule has 0 aromatic carbocycles. The summed E-state index contributed by atoms with van der Waals surface area (Å²) < 4.78 is 5.26. The molecule has 0 bridgehead atoms. The molecule has 0 aliphatic carbocycles. The summed E-state index contributed by atoms with van der Waals surface area (Å²) in [6.07, 6.45) is 2.85. The minimum absolute atomic E-state index is 0.245. The van der Waals surface area contributed by atoms with Gasteiger partial charge in [-0.25, -0.2) is 0 Å². The van der Waals surface area contributed by atoms with Crippen molar-refractivity contribution in [3.8, 4) is 0 Å². The first-order valence-electron chi connectivity index (χ1n) is 7.68. The predicted octanol–water partition coefficient (Wildman–Crippen LogP) is 3.74. The van der Waals surface area contributed by atoms with Crippen molar-refractivity contribution in [2.75, 3.05) is 6.61 Å². The third kappa shape index (κ3) is 7.51. The van der Waals surface area contributed by atoms with E-state index in [0.717, 1.165) is 12.8 Å². The molecule has 0 saturated heterocycles. The molecule has 0 rings (SSSR count). The van der Waals surface area contributed by atoms with Crippen molar-refractivity contribution < 1.29 is 19.4 Å². The molecule has 2 atom stereocenters. The van der Waals surface area contributed by atoms with Crippen LogP contribution in [0.2, 0.25) is 0 Å². The van der Waals surface area contributed by atoms with Crippen LogP contribution in [-0.2, 0) is 14.3 Å². The number of carboxylic acids is 1. The molecular weight excluding hydrogens is 256 g/mol. The molecule has 4 nitrogen and oxygen atoms in total. The Morgan fingerprint density at radius 2 is 1.50 bits per heavy atom. The first-order chi connectivity index (χ1) is 9.29. The Morgan fingerprint density at radius 3 is 1.90 bits per heavy atom. The SMILES string of the molecule is CCCCOC(=O)C(CC(C)C)C(CC(C)C)C(=O)O. The van der Waals surface area contributed by atoms with Gasteiger partial charge in [-0.1, -0.05) is 41.0 Å². The van der Waals surface area contributed by atoms with Gasteiger partial charge >= 0.3 is 11.9 Å². The minimum atomic E-state index is -0.892. The zero-order chi connectivity index (χ0) is 15.7. The highest BCUT2D eigenvalue weighted by Gasteiger charge is 2.35. The van der Waals surface area contributed by atoms with Crippen molar-refractivity contribution in [1.82, 2.24) is 0 Å². The van der Waals surface area contributed by atoms with Crippen molar-refractivity contribution in [2.24, 2.45) is 23.7 Å². The summed E-state index contributed by atoms with van der Waals surface area (Å²) >= 11 is 0. The Bertz CT molecular complexity index is 297. The molecule has 0 aliphatic rings. The monoisotopic (exact) mass is 286 g/mol. The van der Waals surface area contributed by atoms with E-state index in [2.05, 4.69) is 0 Å². The zero-order valence-electron chi connectivity index (χ0n) is 13.5. The molecular formula is C16H30O4. The summed E-state index contributed by atoms with van der Waals surface area (Å²) in [4.78, 5) is 23.7. The zero-order valence-corrected chi connectivity index (χ0v) is 13.5. The number of unbranched alkanes of at least 4 members (excludes halogenated alkanes) is 1. The number of ether oxygens (including phenoxy) is 1. The Kier molecular flexibility index (Phi) is 9.26. The summed E-state index contributed by atoms with van der Waals surface area (Å²) in [7, 11) is 0. The number of rotatable bonds is 10. The van der Waals surface area contributed by atoms with Crippen LogP contribution in [0, 0.1) is 23.7 Å². The van der Waals surface area contributed by atoms with E-state index in [-0.39, 0.29) is 17.8 Å². The van der Waals surface area contributed by atoms with Gasteiger partial charge in [-0.15, -0.1) is 0 Å². The van der Waals surface area contributed by atoms with E-state index in [9.17, 15) is 14.7 Å². The van der Waals surface area contributed by atoms with E-state index < -0.39 is 17.8 Å². The van der Waals surface area contributed by atoms with E-state index in [4.69, 9.17) is 4.74 Å². The highest BCUT2D eigenvalue weighted by Crippen LogP contribution is 2.28. The van der Waals surface area contributed by atoms with E-state index >= 15 is 0 Å². The number of hydrogen-bond acceptors (Lipinski definition) is 3. The smallest absolute Gasteiger partial charge is 0.309 e. The van der Waals surface area contributed by atoms with Gasteiger partial charge in [-0.3, -0.25) is 9.59 Å². The molecule has 0 amide bonds. The van der Waals surface area contributed by atoms with Gasteiger partial charge in [-0.05, 0) is 31.1 Å². The van der Waals surface area contributed by atoms with Gasteiger partial charge in [-0.2, -0.15) is 0 Å². The Hall–Kier alpha value is -1.06. The van der Waals surface area contributed by atoms with Crippen LogP contribution in [0.5, 0.6) is 0 Å². The average Bonchev–Trinajstić information content (AvgIpc) is 2.32. The topological polar surface area (TPSA) is 63.6 Å². The lowest BCUT2D eigenvalue weighted by Gasteiger charge is -2.25. The maximum Gasteiger partial charge on any atom is 0.309 e. The van der Waals surface area contributed by atoms with Gasteiger partial charge in [0, 0.05) is 0 Å². The number of esters is 1. The summed E-state index contributed by atoms with van der Waals surface area (Å²) in [6, 6.07) is 0. The van der Waals surface area contributed by atoms with Crippen molar-refractivity contribution in [2.45, 2.75) is 60.3 Å². The van der Waals surface area contributed by atoms with E-state index in [0.29, 0.717) is 19.4 Å². The highest BCUT2D eigenvalue weighted by atomic mass is 16.5. The highest BCUT2D eigenvalue weighted by molar-refractivity contribution is 5.81. The lowest BCUT2D eigenvalue weighted by molar-refractivity contribution is -0.159. The molecule has 0 aromatic rings. The van der Waals surface area contributed by atoms with Crippen molar-refractivity contribution in [1.29, 1.82) is 0 Å². The lowest BCUT2D eigenvalue weighted by atomic mass is 9.81. The van der Waals surface area contributed by atoms with Crippen LogP contribution < -0.4 is 0 Å². The number of hydrogen-bond donors (Lipinski definition) is 1. The van der Waals surface area contributed by atoms with Gasteiger partial charge in [0.2, 0.25) is 0 Å². The third-order valence-corrected chi connectivity index (χ3v) is 3.30. The van der Waals surface area contributed by atoms with Crippen LogP contribution >= 0.6 is 0 Å². The molecule has 1 N–H and O–H groups in total. The second kappa shape index (κ2) is 9.78. The maximum atomic E-state index is 12.2. The molecule has 118 valence electrons. The average molecular weight is 286 g/mol. The second-order valence-electron chi connectivity index (χ2n) is 6.33. The first-order valence-corrected chi connectivity index (χ1v) is 7.68. The molecule has 0 aliphatic heterocycles. The van der Waals surface area contributed by atoms with E-state index in [1.807, 2.05) is 34.6 Å². The number of carbonyl (C=O) groups is 2. The molecule has 0 fully saturated rings. The predicted molar refractivity (Wildman–Crippen MR) is 79.4 cm³/mol. The quantitative estimate of drug-likeness (QED) is 0.491. The summed E-state index contributed by atoms with van der Waals surface area (Å²) in [5.41, 5.74) is 0. The van der Waals surface area contributed by atoms with Crippen LogP contribution in [0.25, 0.3) is 0 Å². The molecule has 0 saturated carbocycles. The van der Waals surface area contributed by atoms with E-state index in [1.54, 1.807) is 0 Å². The molecule has 4 heteroatoms. The fraction of sp³-hybridized carbons (Fsp3) is 0.875. The number of carbonyl (C=O) groups excluding carboxylic acids is 1. The normalized spacial score (nSPS) is 14.3. The number of carboxylic acid groups (broad SMARTS) is 1. The van der Waals surface area contributed by atoms with Crippen molar-refractivity contribution in [3.05, 3.63) is 0 Å². The second-order valence-corrected chi connectivity index (χ2v) is 6.33. The molecule has 0 radical (unpaired) electrons. The maximum absolute atomic E-state index is 12.2. The van der Waals surface area contributed by atoms with E-state index in [1.165, 1.54) is 0 Å². The van der Waals surface area contributed by atoms with Gasteiger partial charge in [0.25, 0.3) is 0 Å². The Morgan fingerprint density at radius 1 is 1.00 bits per heavy atom. The fourth-order valence-electron chi connectivity index (χ4n) is 2.30. The van der Waals surface area contributed by atoms with Crippen LogP contribution in [-0.4, -0.2) is 23.7 Å². The van der Waals surface area contributed by atoms with Gasteiger partial charge in [0.1, 0.15) is 0 Å². The largest absolute Gasteiger partial charge is 0.481 e. The Balaban J connectivity index is 4.88. The van der Waals surface area contributed by atoms with Gasteiger partial charge in [0.15, 0.2) is 0 Å². The molecule has 2 unspecified atom stereocenters. The van der Waals surface area contributed by atoms with Crippen LogP contribution in [0.4, 0.5) is 0 Å². The van der Waals surface area contributed by atoms with Crippen LogP contribution in [0.15, 0.2) is 0 Å². The third-order valence-electron chi connectivity index (χ3n) is 3.30. The molecule has 0 heterocycles. The molecule has 0 aromatic heterocycles.